The zero-order valence-electron chi connectivity index (χ0n) is 8.65. The second kappa shape index (κ2) is 4.00. The average Bonchev–Trinajstić information content (AvgIpc) is 2.78. The Morgan fingerprint density at radius 3 is 2.64 bits per heavy atom. The van der Waals surface area contributed by atoms with Crippen LogP contribution in [-0.2, 0) is 0 Å². The summed E-state index contributed by atoms with van der Waals surface area (Å²) in [6, 6.07) is 0. The minimum atomic E-state index is 0.841. The van der Waals surface area contributed by atoms with Crippen molar-refractivity contribution in [3.8, 4) is 0 Å². The van der Waals surface area contributed by atoms with E-state index in [1.807, 2.05) is 12.2 Å². The van der Waals surface area contributed by atoms with Crippen molar-refractivity contribution >= 4 is 0 Å². The Labute approximate surface area is 86.7 Å². The van der Waals surface area contributed by atoms with E-state index < -0.39 is 0 Å². The molecule has 3 atom stereocenters. The molecule has 2 aliphatic rings. The number of hydrogen-bond acceptors (Lipinski definition) is 0. The summed E-state index contributed by atoms with van der Waals surface area (Å²) in [6.07, 6.45) is 14.7. The van der Waals surface area contributed by atoms with Gasteiger partial charge < -0.3 is 0 Å². The number of rotatable bonds is 4. The first-order chi connectivity index (χ1) is 6.83. The van der Waals surface area contributed by atoms with Gasteiger partial charge in [0.1, 0.15) is 0 Å². The first-order valence-electron chi connectivity index (χ1n) is 5.46. The SMILES string of the molecule is C=C/C=C(\C=C)CC1CC2C=CC1C2. The standard InChI is InChI=1S/C14H18/c1-3-5-11(4-2)8-14-10-12-6-7-13(14)9-12/h3-7,12-14H,1-2,8-10H2/b11-5+. The summed E-state index contributed by atoms with van der Waals surface area (Å²) in [5, 5.41) is 0. The molecule has 74 valence electrons. The van der Waals surface area contributed by atoms with Crippen molar-refractivity contribution in [1.82, 2.24) is 0 Å². The highest BCUT2D eigenvalue weighted by Gasteiger charge is 2.35. The van der Waals surface area contributed by atoms with Crippen LogP contribution in [0.1, 0.15) is 19.3 Å². The quantitative estimate of drug-likeness (QED) is 0.461. The molecule has 0 N–H and O–H groups in total. The lowest BCUT2D eigenvalue weighted by molar-refractivity contribution is 0.447. The molecule has 2 rings (SSSR count). The molecule has 1 saturated carbocycles. The van der Waals surface area contributed by atoms with Crippen LogP contribution >= 0.6 is 0 Å². The third-order valence-electron chi connectivity index (χ3n) is 3.51. The molecule has 2 bridgehead atoms. The summed E-state index contributed by atoms with van der Waals surface area (Å²) < 4.78 is 0. The fourth-order valence-corrected chi connectivity index (χ4v) is 2.80. The highest BCUT2D eigenvalue weighted by Crippen LogP contribution is 2.45. The van der Waals surface area contributed by atoms with Gasteiger partial charge in [0.05, 0.1) is 0 Å². The summed E-state index contributed by atoms with van der Waals surface area (Å²) in [5.74, 6) is 2.57. The van der Waals surface area contributed by atoms with E-state index in [4.69, 9.17) is 0 Å². The summed E-state index contributed by atoms with van der Waals surface area (Å²) in [7, 11) is 0. The molecule has 0 heterocycles. The van der Waals surface area contributed by atoms with Gasteiger partial charge >= 0.3 is 0 Å². The molecule has 0 aromatic heterocycles. The van der Waals surface area contributed by atoms with Crippen molar-refractivity contribution in [2.24, 2.45) is 17.8 Å². The van der Waals surface area contributed by atoms with Gasteiger partial charge in [-0.15, -0.1) is 0 Å². The lowest BCUT2D eigenvalue weighted by Gasteiger charge is -2.18. The van der Waals surface area contributed by atoms with Crippen LogP contribution in [0.25, 0.3) is 0 Å². The third kappa shape index (κ3) is 1.75. The number of hydrogen-bond donors (Lipinski definition) is 0. The maximum Gasteiger partial charge on any atom is -0.0196 e. The largest absolute Gasteiger partial charge is 0.0991 e. The summed E-state index contributed by atoms with van der Waals surface area (Å²) >= 11 is 0. The minimum absolute atomic E-state index is 0.841. The summed E-state index contributed by atoms with van der Waals surface area (Å²) in [6.45, 7) is 7.58. The van der Waals surface area contributed by atoms with E-state index in [2.05, 4.69) is 31.4 Å². The van der Waals surface area contributed by atoms with Gasteiger partial charge in [-0.3, -0.25) is 0 Å². The monoisotopic (exact) mass is 186 g/mol. The Morgan fingerprint density at radius 2 is 2.14 bits per heavy atom. The van der Waals surface area contributed by atoms with Gasteiger partial charge in [-0.2, -0.15) is 0 Å². The molecule has 0 aliphatic heterocycles. The van der Waals surface area contributed by atoms with Crippen LogP contribution in [0.2, 0.25) is 0 Å². The van der Waals surface area contributed by atoms with Gasteiger partial charge in [0, 0.05) is 0 Å². The number of fused-ring (bicyclic) bond motifs is 2. The number of allylic oxidation sites excluding steroid dienone is 6. The molecule has 0 spiro atoms. The van der Waals surface area contributed by atoms with E-state index in [0.29, 0.717) is 0 Å². The fourth-order valence-electron chi connectivity index (χ4n) is 2.80. The van der Waals surface area contributed by atoms with E-state index in [-0.39, 0.29) is 0 Å². The van der Waals surface area contributed by atoms with E-state index in [9.17, 15) is 0 Å². The molecule has 1 fully saturated rings. The molecule has 0 aromatic carbocycles. The Balaban J connectivity index is 1.98. The second-order valence-electron chi connectivity index (χ2n) is 4.43. The average molecular weight is 186 g/mol. The Morgan fingerprint density at radius 1 is 1.29 bits per heavy atom. The molecule has 2 aliphatic carbocycles. The van der Waals surface area contributed by atoms with Crippen LogP contribution in [0.5, 0.6) is 0 Å². The highest BCUT2D eigenvalue weighted by atomic mass is 14.4. The molecule has 3 unspecified atom stereocenters. The van der Waals surface area contributed by atoms with Gasteiger partial charge in [0.25, 0.3) is 0 Å². The molecule has 0 nitrogen and oxygen atoms in total. The smallest absolute Gasteiger partial charge is 0.0196 e. The van der Waals surface area contributed by atoms with Crippen molar-refractivity contribution in [2.75, 3.05) is 0 Å². The first-order valence-corrected chi connectivity index (χ1v) is 5.46. The van der Waals surface area contributed by atoms with Crippen LogP contribution < -0.4 is 0 Å². The topological polar surface area (TPSA) is 0 Å². The fraction of sp³-hybridized carbons (Fsp3) is 0.429. The molecule has 0 aromatic rings. The van der Waals surface area contributed by atoms with Gasteiger partial charge in [0.2, 0.25) is 0 Å². The maximum absolute atomic E-state index is 3.85. The molecular formula is C14H18. The molecule has 0 saturated heterocycles. The zero-order chi connectivity index (χ0) is 9.97. The molecule has 0 radical (unpaired) electrons. The van der Waals surface area contributed by atoms with Crippen LogP contribution in [0, 0.1) is 17.8 Å². The van der Waals surface area contributed by atoms with E-state index in [0.717, 1.165) is 17.8 Å². The third-order valence-corrected chi connectivity index (χ3v) is 3.51. The van der Waals surface area contributed by atoms with Crippen LogP contribution in [0.3, 0.4) is 0 Å². The van der Waals surface area contributed by atoms with Gasteiger partial charge in [-0.1, -0.05) is 43.5 Å². The summed E-state index contributed by atoms with van der Waals surface area (Å²) in [5.41, 5.74) is 1.34. The van der Waals surface area contributed by atoms with Gasteiger partial charge in [-0.05, 0) is 42.6 Å². The minimum Gasteiger partial charge on any atom is -0.0991 e. The van der Waals surface area contributed by atoms with Crippen molar-refractivity contribution in [1.29, 1.82) is 0 Å². The summed E-state index contributed by atoms with van der Waals surface area (Å²) in [4.78, 5) is 0. The van der Waals surface area contributed by atoms with Gasteiger partial charge in [0.15, 0.2) is 0 Å². The lowest BCUT2D eigenvalue weighted by Crippen LogP contribution is -2.07. The van der Waals surface area contributed by atoms with Crippen LogP contribution in [0.15, 0.2) is 49.1 Å². The van der Waals surface area contributed by atoms with E-state index >= 15 is 0 Å². The van der Waals surface area contributed by atoms with Crippen molar-refractivity contribution in [3.05, 3.63) is 49.1 Å². The predicted molar refractivity (Wildman–Crippen MR) is 61.9 cm³/mol. The molecule has 0 amide bonds. The van der Waals surface area contributed by atoms with Crippen molar-refractivity contribution < 1.29 is 0 Å². The predicted octanol–water partition coefficient (Wildman–Crippen LogP) is 3.89. The Hall–Kier alpha value is -1.04. The van der Waals surface area contributed by atoms with Crippen LogP contribution in [0.4, 0.5) is 0 Å². The van der Waals surface area contributed by atoms with E-state index in [1.54, 1.807) is 0 Å². The molecule has 14 heavy (non-hydrogen) atoms. The maximum atomic E-state index is 3.85. The van der Waals surface area contributed by atoms with Gasteiger partial charge in [-0.25, -0.2) is 0 Å². The normalized spacial score (nSPS) is 34.9. The Kier molecular flexibility index (Phi) is 2.72. The first kappa shape index (κ1) is 9.51. The van der Waals surface area contributed by atoms with Crippen molar-refractivity contribution in [2.45, 2.75) is 19.3 Å². The Bertz CT molecular complexity index is 293. The molecule has 0 heteroatoms. The van der Waals surface area contributed by atoms with E-state index in [1.165, 1.54) is 24.8 Å². The van der Waals surface area contributed by atoms with Crippen LogP contribution in [-0.4, -0.2) is 0 Å². The second-order valence-corrected chi connectivity index (χ2v) is 4.43. The highest BCUT2D eigenvalue weighted by molar-refractivity contribution is 5.23. The molecular weight excluding hydrogens is 168 g/mol. The zero-order valence-corrected chi connectivity index (χ0v) is 8.65. The van der Waals surface area contributed by atoms with Crippen molar-refractivity contribution in [3.63, 3.8) is 0 Å². The lowest BCUT2D eigenvalue weighted by atomic mass is 9.87.